The maximum absolute atomic E-state index is 12.5. The molecule has 1 aromatic heterocycles. The molecular formula is C19H30ClN3O3S. The van der Waals surface area contributed by atoms with Crippen molar-refractivity contribution in [3.8, 4) is 0 Å². The number of piperidine rings is 1. The Morgan fingerprint density at radius 1 is 1.30 bits per heavy atom. The largest absolute Gasteiger partial charge is 0.480 e. The lowest BCUT2D eigenvalue weighted by Gasteiger charge is -2.37. The van der Waals surface area contributed by atoms with Crippen LogP contribution in [-0.2, 0) is 22.6 Å². The molecule has 1 saturated heterocycles. The number of nitrogens with zero attached hydrogens (tertiary/aromatic N) is 3. The van der Waals surface area contributed by atoms with Crippen molar-refractivity contribution in [2.75, 3.05) is 39.3 Å². The van der Waals surface area contributed by atoms with E-state index in [-0.39, 0.29) is 24.9 Å². The maximum Gasteiger partial charge on any atom is 0.317 e. The number of carboxylic acid groups (broad SMARTS) is 1. The smallest absolute Gasteiger partial charge is 0.317 e. The van der Waals surface area contributed by atoms with Gasteiger partial charge < -0.3 is 14.9 Å². The minimum Gasteiger partial charge on any atom is -0.480 e. The number of hydrogen-bond acceptors (Lipinski definition) is 5. The lowest BCUT2D eigenvalue weighted by molar-refractivity contribution is -0.139. The number of halogens is 1. The van der Waals surface area contributed by atoms with Crippen LogP contribution in [-0.4, -0.2) is 77.0 Å². The Morgan fingerprint density at radius 2 is 2.04 bits per heavy atom. The number of carbonyl (C=O) groups is 2. The Morgan fingerprint density at radius 3 is 2.70 bits per heavy atom. The molecule has 152 valence electrons. The van der Waals surface area contributed by atoms with Crippen LogP contribution < -0.4 is 0 Å². The second-order valence-electron chi connectivity index (χ2n) is 7.21. The van der Waals surface area contributed by atoms with E-state index in [2.05, 4.69) is 21.2 Å². The highest BCUT2D eigenvalue weighted by atomic mass is 35.5. The molecule has 3 rings (SSSR count). The second-order valence-corrected chi connectivity index (χ2v) is 8.21. The fourth-order valence-corrected chi connectivity index (χ4v) is 4.94. The van der Waals surface area contributed by atoms with Gasteiger partial charge in [-0.1, -0.05) is 6.92 Å². The Bertz CT molecular complexity index is 631. The number of rotatable bonds is 7. The first-order valence-corrected chi connectivity index (χ1v) is 10.5. The van der Waals surface area contributed by atoms with Gasteiger partial charge in [0.25, 0.3) is 0 Å². The molecule has 1 aromatic rings. The molecule has 0 unspecified atom stereocenters. The number of thiophene rings is 1. The van der Waals surface area contributed by atoms with E-state index in [4.69, 9.17) is 5.11 Å². The van der Waals surface area contributed by atoms with Crippen molar-refractivity contribution < 1.29 is 14.7 Å². The molecule has 0 saturated carbocycles. The van der Waals surface area contributed by atoms with Crippen molar-refractivity contribution >= 4 is 35.6 Å². The number of likely N-dealkylation sites (N-methyl/N-ethyl adjacent to an activating group) is 1. The van der Waals surface area contributed by atoms with E-state index in [0.29, 0.717) is 12.5 Å². The average Bonchev–Trinajstić information content (AvgIpc) is 3.12. The second kappa shape index (κ2) is 10.4. The quantitative estimate of drug-likeness (QED) is 0.740. The summed E-state index contributed by atoms with van der Waals surface area (Å²) in [6.45, 7) is 7.23. The highest BCUT2D eigenvalue weighted by Gasteiger charge is 2.26. The molecule has 27 heavy (non-hydrogen) atoms. The summed E-state index contributed by atoms with van der Waals surface area (Å²) in [6, 6.07) is 2.49. The topological polar surface area (TPSA) is 64.1 Å². The van der Waals surface area contributed by atoms with Crippen molar-refractivity contribution in [3.05, 3.63) is 21.9 Å². The molecular weight excluding hydrogens is 386 g/mol. The van der Waals surface area contributed by atoms with Crippen molar-refractivity contribution in [1.29, 1.82) is 0 Å². The number of aliphatic carboxylic acids is 1. The number of hydrogen-bond donors (Lipinski definition) is 1. The number of amides is 1. The van der Waals surface area contributed by atoms with Gasteiger partial charge in [0.1, 0.15) is 0 Å². The molecule has 3 heterocycles. The molecule has 2 aliphatic rings. The highest BCUT2D eigenvalue weighted by Crippen LogP contribution is 2.24. The molecule has 0 spiro atoms. The Balaban J connectivity index is 0.00000261. The average molecular weight is 416 g/mol. The van der Waals surface area contributed by atoms with Crippen LogP contribution in [0.2, 0.25) is 0 Å². The van der Waals surface area contributed by atoms with Crippen molar-refractivity contribution in [1.82, 2.24) is 14.7 Å². The molecule has 0 radical (unpaired) electrons. The predicted octanol–water partition coefficient (Wildman–Crippen LogP) is 2.32. The van der Waals surface area contributed by atoms with Crippen LogP contribution in [0.25, 0.3) is 0 Å². The first-order valence-electron chi connectivity index (χ1n) is 9.58. The van der Waals surface area contributed by atoms with Gasteiger partial charge in [-0.2, -0.15) is 0 Å². The minimum absolute atomic E-state index is 0. The summed E-state index contributed by atoms with van der Waals surface area (Å²) in [5.74, 6) is -0.500. The number of carbonyl (C=O) groups excluding carboxylic acids is 1. The minimum atomic E-state index is -0.754. The number of carboxylic acids is 1. The SMILES string of the molecule is CCN(CC(=O)O)C1CCN(CCC(=O)N2CCc3sccc3C2)CC1.Cl. The van der Waals surface area contributed by atoms with Crippen molar-refractivity contribution in [2.24, 2.45) is 0 Å². The van der Waals surface area contributed by atoms with Crippen LogP contribution in [0.15, 0.2) is 11.4 Å². The summed E-state index contributed by atoms with van der Waals surface area (Å²) in [5.41, 5.74) is 1.31. The van der Waals surface area contributed by atoms with E-state index in [1.54, 1.807) is 11.3 Å². The van der Waals surface area contributed by atoms with E-state index >= 15 is 0 Å². The van der Waals surface area contributed by atoms with Gasteiger partial charge in [0, 0.05) is 37.0 Å². The molecule has 0 bridgehead atoms. The van der Waals surface area contributed by atoms with Gasteiger partial charge in [-0.15, -0.1) is 23.7 Å². The van der Waals surface area contributed by atoms with E-state index in [1.807, 2.05) is 11.8 Å². The third-order valence-corrected chi connectivity index (χ3v) is 6.64. The maximum atomic E-state index is 12.5. The zero-order chi connectivity index (χ0) is 18.5. The van der Waals surface area contributed by atoms with Crippen LogP contribution in [0.1, 0.15) is 36.6 Å². The van der Waals surface area contributed by atoms with E-state index in [1.165, 1.54) is 10.4 Å². The normalized spacial score (nSPS) is 18.2. The monoisotopic (exact) mass is 415 g/mol. The van der Waals surface area contributed by atoms with Gasteiger partial charge >= 0.3 is 5.97 Å². The first-order chi connectivity index (χ1) is 12.6. The van der Waals surface area contributed by atoms with E-state index in [9.17, 15) is 9.59 Å². The third-order valence-electron chi connectivity index (χ3n) is 5.62. The van der Waals surface area contributed by atoms with E-state index < -0.39 is 5.97 Å². The Hall–Kier alpha value is -1.15. The molecule has 6 nitrogen and oxygen atoms in total. The van der Waals surface area contributed by atoms with Crippen molar-refractivity contribution in [2.45, 2.75) is 45.2 Å². The molecule has 1 amide bonds. The Labute approximate surface area is 171 Å². The zero-order valence-electron chi connectivity index (χ0n) is 15.9. The predicted molar refractivity (Wildman–Crippen MR) is 110 cm³/mol. The standard InChI is InChI=1S/C19H29N3O3S.ClH/c1-2-21(14-19(24)25)16-3-8-20(9-4-16)10-6-18(23)22-11-5-17-15(13-22)7-12-26-17;/h7,12,16H,2-6,8-11,13-14H2,1H3,(H,24,25);1H. The zero-order valence-corrected chi connectivity index (χ0v) is 17.6. The molecule has 0 aliphatic carbocycles. The van der Waals surface area contributed by atoms with Gasteiger partial charge in [-0.25, -0.2) is 0 Å². The van der Waals surface area contributed by atoms with Crippen LogP contribution in [0.5, 0.6) is 0 Å². The summed E-state index contributed by atoms with van der Waals surface area (Å²) in [4.78, 5) is 31.3. The van der Waals surface area contributed by atoms with Crippen molar-refractivity contribution in [3.63, 3.8) is 0 Å². The van der Waals surface area contributed by atoms with Crippen LogP contribution in [0.3, 0.4) is 0 Å². The van der Waals surface area contributed by atoms with Crippen LogP contribution in [0.4, 0.5) is 0 Å². The summed E-state index contributed by atoms with van der Waals surface area (Å²) >= 11 is 1.80. The molecule has 1 N–H and O–H groups in total. The fraction of sp³-hybridized carbons (Fsp3) is 0.684. The molecule has 0 aromatic carbocycles. The summed E-state index contributed by atoms with van der Waals surface area (Å²) in [7, 11) is 0. The molecule has 1 fully saturated rings. The van der Waals surface area contributed by atoms with Gasteiger partial charge in [-0.05, 0) is 55.9 Å². The summed E-state index contributed by atoms with van der Waals surface area (Å²) < 4.78 is 0. The summed E-state index contributed by atoms with van der Waals surface area (Å²) in [6.07, 6.45) is 3.53. The lowest BCUT2D eigenvalue weighted by atomic mass is 10.0. The summed E-state index contributed by atoms with van der Waals surface area (Å²) in [5, 5.41) is 11.1. The van der Waals surface area contributed by atoms with Crippen LogP contribution >= 0.6 is 23.7 Å². The third kappa shape index (κ3) is 5.91. The Kier molecular flexibility index (Phi) is 8.54. The van der Waals surface area contributed by atoms with Gasteiger partial charge in [0.2, 0.25) is 5.91 Å². The highest BCUT2D eigenvalue weighted by molar-refractivity contribution is 7.10. The molecule has 2 aliphatic heterocycles. The van der Waals surface area contributed by atoms with Gasteiger partial charge in [0.15, 0.2) is 0 Å². The molecule has 8 heteroatoms. The van der Waals surface area contributed by atoms with E-state index in [0.717, 1.165) is 58.5 Å². The fourth-order valence-electron chi connectivity index (χ4n) is 4.05. The first kappa shape index (κ1) is 22.1. The van der Waals surface area contributed by atoms with Gasteiger partial charge in [0.05, 0.1) is 6.54 Å². The van der Waals surface area contributed by atoms with Crippen LogP contribution in [0, 0.1) is 0 Å². The number of fused-ring (bicyclic) bond motifs is 1. The number of likely N-dealkylation sites (tertiary alicyclic amines) is 1. The lowest BCUT2D eigenvalue weighted by Crippen LogP contribution is -2.47. The molecule has 0 atom stereocenters. The van der Waals surface area contributed by atoms with Gasteiger partial charge in [-0.3, -0.25) is 14.5 Å².